The molecule has 1 aliphatic heterocycles. The van der Waals surface area contributed by atoms with Crippen LogP contribution < -0.4 is 10.2 Å². The second kappa shape index (κ2) is 5.95. The number of hydrogen-bond acceptors (Lipinski definition) is 3. The van der Waals surface area contributed by atoms with Gasteiger partial charge in [-0.15, -0.1) is 6.58 Å². The predicted molar refractivity (Wildman–Crippen MR) is 88.0 cm³/mol. The van der Waals surface area contributed by atoms with Gasteiger partial charge in [-0.2, -0.15) is 0 Å². The highest BCUT2D eigenvalue weighted by molar-refractivity contribution is 7.71. The highest BCUT2D eigenvalue weighted by Gasteiger charge is 2.16. The molecule has 1 aliphatic rings. The minimum absolute atomic E-state index is 0.202. The molecule has 2 heterocycles. The van der Waals surface area contributed by atoms with Gasteiger partial charge in [0.25, 0.3) is 0 Å². The van der Waals surface area contributed by atoms with E-state index in [-0.39, 0.29) is 5.82 Å². The third kappa shape index (κ3) is 2.71. The van der Waals surface area contributed by atoms with E-state index in [0.29, 0.717) is 16.7 Å². The van der Waals surface area contributed by atoms with Crippen molar-refractivity contribution >= 4 is 28.8 Å². The van der Waals surface area contributed by atoms with E-state index in [0.717, 1.165) is 37.1 Å². The zero-order chi connectivity index (χ0) is 14.8. The van der Waals surface area contributed by atoms with Gasteiger partial charge in [-0.3, -0.25) is 0 Å². The highest BCUT2D eigenvalue weighted by Crippen LogP contribution is 2.27. The molecular formula is C16H18FN3S. The Labute approximate surface area is 128 Å². The van der Waals surface area contributed by atoms with Crippen molar-refractivity contribution in [2.45, 2.75) is 6.54 Å². The molecule has 0 spiro atoms. The fourth-order valence-corrected chi connectivity index (χ4v) is 2.98. The molecule has 21 heavy (non-hydrogen) atoms. The van der Waals surface area contributed by atoms with Gasteiger partial charge >= 0.3 is 0 Å². The lowest BCUT2D eigenvalue weighted by Crippen LogP contribution is -2.43. The second-order valence-corrected chi connectivity index (χ2v) is 5.62. The average Bonchev–Trinajstić information content (AvgIpc) is 2.51. The van der Waals surface area contributed by atoms with Gasteiger partial charge in [-0.05, 0) is 18.2 Å². The number of halogens is 1. The van der Waals surface area contributed by atoms with Crippen LogP contribution in [0.15, 0.2) is 37.1 Å². The summed E-state index contributed by atoms with van der Waals surface area (Å²) >= 11 is 5.33. The van der Waals surface area contributed by atoms with Crippen LogP contribution >= 0.6 is 12.2 Å². The molecule has 0 aliphatic carbocycles. The number of piperazine rings is 1. The number of aromatic nitrogens is 1. The van der Waals surface area contributed by atoms with Gasteiger partial charge in [0.15, 0.2) is 0 Å². The smallest absolute Gasteiger partial charge is 0.147 e. The zero-order valence-corrected chi connectivity index (χ0v) is 12.6. The van der Waals surface area contributed by atoms with Crippen molar-refractivity contribution in [1.82, 2.24) is 9.88 Å². The average molecular weight is 303 g/mol. The van der Waals surface area contributed by atoms with Crippen molar-refractivity contribution in [3.63, 3.8) is 0 Å². The summed E-state index contributed by atoms with van der Waals surface area (Å²) in [6.07, 6.45) is 3.77. The molecule has 1 aromatic carbocycles. The zero-order valence-electron chi connectivity index (χ0n) is 11.8. The van der Waals surface area contributed by atoms with E-state index in [4.69, 9.17) is 12.2 Å². The molecule has 0 radical (unpaired) electrons. The van der Waals surface area contributed by atoms with Crippen molar-refractivity contribution in [3.05, 3.63) is 47.4 Å². The molecule has 1 N–H and O–H groups in total. The Balaban J connectivity index is 2.17. The van der Waals surface area contributed by atoms with Crippen LogP contribution in [0.4, 0.5) is 10.1 Å². The Hall–Kier alpha value is -1.72. The maximum atomic E-state index is 14.5. The number of benzene rings is 1. The third-order valence-corrected chi connectivity index (χ3v) is 4.19. The van der Waals surface area contributed by atoms with Crippen molar-refractivity contribution in [1.29, 1.82) is 0 Å². The van der Waals surface area contributed by atoms with Crippen LogP contribution in [-0.4, -0.2) is 30.7 Å². The molecule has 0 atom stereocenters. The summed E-state index contributed by atoms with van der Waals surface area (Å²) < 4.78 is 17.2. The lowest BCUT2D eigenvalue weighted by Gasteiger charge is -2.30. The van der Waals surface area contributed by atoms with Crippen LogP contribution in [0.3, 0.4) is 0 Å². The number of anilines is 1. The van der Waals surface area contributed by atoms with Gasteiger partial charge in [0.05, 0.1) is 11.2 Å². The Morgan fingerprint density at radius 2 is 2.10 bits per heavy atom. The first-order valence-electron chi connectivity index (χ1n) is 7.10. The summed E-state index contributed by atoms with van der Waals surface area (Å²) in [5.41, 5.74) is 1.61. The summed E-state index contributed by atoms with van der Waals surface area (Å²) in [7, 11) is 0. The molecule has 2 aromatic rings. The van der Waals surface area contributed by atoms with E-state index in [1.165, 1.54) is 0 Å². The van der Waals surface area contributed by atoms with Crippen molar-refractivity contribution in [2.24, 2.45) is 0 Å². The van der Waals surface area contributed by atoms with Crippen LogP contribution in [0.2, 0.25) is 0 Å². The normalized spacial score (nSPS) is 15.4. The van der Waals surface area contributed by atoms with E-state index in [1.54, 1.807) is 6.07 Å². The lowest BCUT2D eigenvalue weighted by atomic mass is 10.1. The number of rotatable bonds is 3. The minimum Gasteiger partial charge on any atom is -0.367 e. The van der Waals surface area contributed by atoms with Gasteiger partial charge in [0.1, 0.15) is 5.82 Å². The van der Waals surface area contributed by atoms with Crippen molar-refractivity contribution in [3.8, 4) is 0 Å². The molecule has 1 aromatic heterocycles. The lowest BCUT2D eigenvalue weighted by molar-refractivity contribution is 0.567. The Bertz CT molecular complexity index is 732. The van der Waals surface area contributed by atoms with E-state index < -0.39 is 0 Å². The molecule has 1 saturated heterocycles. The number of nitrogens with zero attached hydrogens (tertiary/aromatic N) is 2. The summed E-state index contributed by atoms with van der Waals surface area (Å²) in [6, 6.07) is 5.31. The number of hydrogen-bond donors (Lipinski definition) is 1. The maximum absolute atomic E-state index is 14.5. The molecule has 1 fully saturated rings. The van der Waals surface area contributed by atoms with E-state index in [2.05, 4.69) is 16.8 Å². The molecule has 3 rings (SSSR count). The Morgan fingerprint density at radius 3 is 2.81 bits per heavy atom. The fourth-order valence-electron chi connectivity index (χ4n) is 2.76. The first-order valence-corrected chi connectivity index (χ1v) is 7.51. The van der Waals surface area contributed by atoms with E-state index in [9.17, 15) is 4.39 Å². The molecule has 0 amide bonds. The van der Waals surface area contributed by atoms with Gasteiger partial charge in [-0.25, -0.2) is 4.39 Å². The first-order chi connectivity index (χ1) is 10.2. The SMILES string of the molecule is C=CCn1ccc(=S)c2cc(F)c(N3CCNCC3)cc21. The molecule has 5 heteroatoms. The quantitative estimate of drug-likeness (QED) is 0.695. The molecule has 110 valence electrons. The largest absolute Gasteiger partial charge is 0.367 e. The Morgan fingerprint density at radius 1 is 1.33 bits per heavy atom. The Kier molecular flexibility index (Phi) is 4.03. The monoisotopic (exact) mass is 303 g/mol. The van der Waals surface area contributed by atoms with Crippen LogP contribution in [0.25, 0.3) is 10.9 Å². The van der Waals surface area contributed by atoms with Gasteiger partial charge in [0, 0.05) is 48.8 Å². The predicted octanol–water partition coefficient (Wildman–Crippen LogP) is 3.11. The number of allylic oxidation sites excluding steroid dienone is 1. The fraction of sp³-hybridized carbons (Fsp3) is 0.312. The first kappa shape index (κ1) is 14.2. The number of pyridine rings is 1. The van der Waals surface area contributed by atoms with Gasteiger partial charge in [-0.1, -0.05) is 18.3 Å². The number of nitrogens with one attached hydrogen (secondary N) is 1. The summed E-state index contributed by atoms with van der Waals surface area (Å²) in [5, 5.41) is 4.07. The topological polar surface area (TPSA) is 20.2 Å². The molecule has 3 nitrogen and oxygen atoms in total. The minimum atomic E-state index is -0.202. The standard InChI is InChI=1S/C16H18FN3S/c1-2-6-19-7-3-16(21)12-10-13(17)15(11-14(12)19)20-8-4-18-5-9-20/h2-3,7,10-11,18H,1,4-6,8-9H2. The van der Waals surface area contributed by atoms with E-state index >= 15 is 0 Å². The van der Waals surface area contributed by atoms with Crippen LogP contribution in [-0.2, 0) is 6.54 Å². The van der Waals surface area contributed by atoms with Crippen molar-refractivity contribution in [2.75, 3.05) is 31.1 Å². The van der Waals surface area contributed by atoms with Crippen LogP contribution in [0.1, 0.15) is 0 Å². The van der Waals surface area contributed by atoms with Gasteiger partial charge < -0.3 is 14.8 Å². The maximum Gasteiger partial charge on any atom is 0.147 e. The molecule has 0 unspecified atom stereocenters. The molecule has 0 bridgehead atoms. The summed E-state index contributed by atoms with van der Waals surface area (Å²) in [6.45, 7) is 7.85. The second-order valence-electron chi connectivity index (χ2n) is 5.18. The van der Waals surface area contributed by atoms with E-state index in [1.807, 2.05) is 29.0 Å². The third-order valence-electron chi connectivity index (χ3n) is 3.83. The number of fused-ring (bicyclic) bond motifs is 1. The summed E-state index contributed by atoms with van der Waals surface area (Å²) in [4.78, 5) is 2.08. The van der Waals surface area contributed by atoms with Crippen LogP contribution in [0, 0.1) is 10.3 Å². The summed E-state index contributed by atoms with van der Waals surface area (Å²) in [5.74, 6) is -0.202. The van der Waals surface area contributed by atoms with Crippen LogP contribution in [0.5, 0.6) is 0 Å². The van der Waals surface area contributed by atoms with Gasteiger partial charge in [0.2, 0.25) is 0 Å². The molecular weight excluding hydrogens is 285 g/mol. The highest BCUT2D eigenvalue weighted by atomic mass is 32.1. The van der Waals surface area contributed by atoms with Crippen molar-refractivity contribution < 1.29 is 4.39 Å². The molecule has 0 saturated carbocycles.